The molecule has 1 heterocycles. The first kappa shape index (κ1) is 11.9. The highest BCUT2D eigenvalue weighted by Crippen LogP contribution is 2.36. The fourth-order valence-electron chi connectivity index (χ4n) is 2.27. The predicted octanol–water partition coefficient (Wildman–Crippen LogP) is 2.21. The molecule has 2 rings (SSSR count). The number of aryl methyl sites for hydroxylation is 2. The van der Waals surface area contributed by atoms with E-state index in [0.29, 0.717) is 13.2 Å². The van der Waals surface area contributed by atoms with Crippen LogP contribution in [0, 0.1) is 13.8 Å². The van der Waals surface area contributed by atoms with Gasteiger partial charge in [-0.3, -0.25) is 0 Å². The summed E-state index contributed by atoms with van der Waals surface area (Å²) in [4.78, 5) is 10.6. The SMILES string of the molecule is Cc1ccc(C2(/C=C/C(=O)O)COC2)c(C)c1. The summed E-state index contributed by atoms with van der Waals surface area (Å²) in [6.45, 7) is 5.21. The lowest BCUT2D eigenvalue weighted by Crippen LogP contribution is -2.45. The number of ether oxygens (including phenoxy) is 1. The van der Waals surface area contributed by atoms with Gasteiger partial charge in [0.25, 0.3) is 0 Å². The third-order valence-electron chi connectivity index (χ3n) is 3.18. The first-order chi connectivity index (χ1) is 8.03. The maximum absolute atomic E-state index is 10.6. The molecular weight excluding hydrogens is 216 g/mol. The van der Waals surface area contributed by atoms with Gasteiger partial charge in [-0.1, -0.05) is 29.8 Å². The van der Waals surface area contributed by atoms with Crippen molar-refractivity contribution in [3.8, 4) is 0 Å². The number of carboxylic acid groups (broad SMARTS) is 1. The zero-order valence-corrected chi connectivity index (χ0v) is 10.1. The number of hydrogen-bond acceptors (Lipinski definition) is 2. The summed E-state index contributed by atoms with van der Waals surface area (Å²) in [5.74, 6) is -0.916. The van der Waals surface area contributed by atoms with Crippen molar-refractivity contribution in [3.05, 3.63) is 47.0 Å². The molecule has 0 atom stereocenters. The van der Waals surface area contributed by atoms with E-state index in [-0.39, 0.29) is 5.41 Å². The minimum absolute atomic E-state index is 0.254. The average molecular weight is 232 g/mol. The molecule has 0 unspecified atom stereocenters. The fourth-order valence-corrected chi connectivity index (χ4v) is 2.27. The smallest absolute Gasteiger partial charge is 0.328 e. The van der Waals surface area contributed by atoms with Crippen LogP contribution in [-0.4, -0.2) is 24.3 Å². The summed E-state index contributed by atoms with van der Waals surface area (Å²) in [6.07, 6.45) is 2.96. The molecule has 17 heavy (non-hydrogen) atoms. The number of carbonyl (C=O) groups is 1. The molecule has 0 radical (unpaired) electrons. The van der Waals surface area contributed by atoms with E-state index in [1.54, 1.807) is 6.08 Å². The van der Waals surface area contributed by atoms with Gasteiger partial charge in [0.2, 0.25) is 0 Å². The van der Waals surface area contributed by atoms with Crippen LogP contribution in [0.25, 0.3) is 0 Å². The second kappa shape index (κ2) is 4.34. The van der Waals surface area contributed by atoms with Gasteiger partial charge >= 0.3 is 5.97 Å². The van der Waals surface area contributed by atoms with E-state index in [0.717, 1.165) is 5.56 Å². The summed E-state index contributed by atoms with van der Waals surface area (Å²) < 4.78 is 5.27. The number of carboxylic acids is 1. The third kappa shape index (κ3) is 2.24. The van der Waals surface area contributed by atoms with Gasteiger partial charge in [0, 0.05) is 6.08 Å². The van der Waals surface area contributed by atoms with Crippen molar-refractivity contribution in [2.75, 3.05) is 13.2 Å². The van der Waals surface area contributed by atoms with Crippen molar-refractivity contribution in [2.45, 2.75) is 19.3 Å². The Morgan fingerprint density at radius 2 is 2.12 bits per heavy atom. The lowest BCUT2D eigenvalue weighted by Gasteiger charge is -2.40. The molecular formula is C14H16O3. The minimum Gasteiger partial charge on any atom is -0.478 e. The number of hydrogen-bond donors (Lipinski definition) is 1. The van der Waals surface area contributed by atoms with Gasteiger partial charge in [0.1, 0.15) is 0 Å². The van der Waals surface area contributed by atoms with Crippen LogP contribution in [0.5, 0.6) is 0 Å². The molecule has 1 aromatic carbocycles. The van der Waals surface area contributed by atoms with Crippen LogP contribution in [0.15, 0.2) is 30.4 Å². The van der Waals surface area contributed by atoms with Crippen molar-refractivity contribution in [1.29, 1.82) is 0 Å². The van der Waals surface area contributed by atoms with Crippen LogP contribution in [0.2, 0.25) is 0 Å². The monoisotopic (exact) mass is 232 g/mol. The highest BCUT2D eigenvalue weighted by atomic mass is 16.5. The Bertz CT molecular complexity index is 470. The number of aliphatic carboxylic acids is 1. The summed E-state index contributed by atoms with van der Waals surface area (Å²) in [5.41, 5.74) is 3.30. The van der Waals surface area contributed by atoms with Crippen LogP contribution < -0.4 is 0 Å². The minimum atomic E-state index is -0.916. The van der Waals surface area contributed by atoms with Crippen molar-refractivity contribution in [2.24, 2.45) is 0 Å². The van der Waals surface area contributed by atoms with E-state index < -0.39 is 5.97 Å². The van der Waals surface area contributed by atoms with Gasteiger partial charge in [-0.05, 0) is 25.0 Å². The summed E-state index contributed by atoms with van der Waals surface area (Å²) in [7, 11) is 0. The Labute approximate surface area is 101 Å². The molecule has 0 spiro atoms. The average Bonchev–Trinajstić information content (AvgIpc) is 2.18. The maximum Gasteiger partial charge on any atom is 0.328 e. The van der Waals surface area contributed by atoms with Gasteiger partial charge < -0.3 is 9.84 Å². The van der Waals surface area contributed by atoms with E-state index >= 15 is 0 Å². The molecule has 0 bridgehead atoms. The molecule has 0 aliphatic carbocycles. The molecule has 1 saturated heterocycles. The topological polar surface area (TPSA) is 46.5 Å². The van der Waals surface area contributed by atoms with Gasteiger partial charge in [-0.25, -0.2) is 4.79 Å². The van der Waals surface area contributed by atoms with E-state index in [2.05, 4.69) is 25.1 Å². The molecule has 0 aromatic heterocycles. The highest BCUT2D eigenvalue weighted by molar-refractivity contribution is 5.80. The first-order valence-corrected chi connectivity index (χ1v) is 5.61. The van der Waals surface area contributed by atoms with Gasteiger partial charge in [-0.15, -0.1) is 0 Å². The lowest BCUT2D eigenvalue weighted by molar-refractivity contribution is -0.131. The first-order valence-electron chi connectivity index (χ1n) is 5.61. The molecule has 90 valence electrons. The molecule has 0 saturated carbocycles. The second-order valence-electron chi connectivity index (χ2n) is 4.64. The number of rotatable bonds is 3. The van der Waals surface area contributed by atoms with E-state index in [9.17, 15) is 4.79 Å². The van der Waals surface area contributed by atoms with E-state index in [4.69, 9.17) is 9.84 Å². The molecule has 1 N–H and O–H groups in total. The van der Waals surface area contributed by atoms with Crippen molar-refractivity contribution >= 4 is 5.97 Å². The zero-order valence-electron chi connectivity index (χ0n) is 10.1. The molecule has 3 nitrogen and oxygen atoms in total. The van der Waals surface area contributed by atoms with E-state index in [1.807, 2.05) is 6.92 Å². The van der Waals surface area contributed by atoms with Crippen molar-refractivity contribution < 1.29 is 14.6 Å². The highest BCUT2D eigenvalue weighted by Gasteiger charge is 2.39. The zero-order chi connectivity index (χ0) is 12.5. The van der Waals surface area contributed by atoms with Crippen LogP contribution >= 0.6 is 0 Å². The van der Waals surface area contributed by atoms with E-state index in [1.165, 1.54) is 17.2 Å². The maximum atomic E-state index is 10.6. The van der Waals surface area contributed by atoms with Crippen LogP contribution in [0.3, 0.4) is 0 Å². The standard InChI is InChI=1S/C14H16O3/c1-10-3-4-12(11(2)7-10)14(8-17-9-14)6-5-13(15)16/h3-7H,8-9H2,1-2H3,(H,15,16)/b6-5+. The summed E-state index contributed by atoms with van der Waals surface area (Å²) in [5, 5.41) is 8.73. The van der Waals surface area contributed by atoms with Crippen molar-refractivity contribution in [3.63, 3.8) is 0 Å². The predicted molar refractivity (Wildman–Crippen MR) is 65.2 cm³/mol. The van der Waals surface area contributed by atoms with Crippen LogP contribution in [-0.2, 0) is 14.9 Å². The van der Waals surface area contributed by atoms with Crippen LogP contribution in [0.4, 0.5) is 0 Å². The largest absolute Gasteiger partial charge is 0.478 e. The quantitative estimate of drug-likeness (QED) is 0.813. The summed E-state index contributed by atoms with van der Waals surface area (Å²) in [6, 6.07) is 6.24. The van der Waals surface area contributed by atoms with Gasteiger partial charge in [0.15, 0.2) is 0 Å². The van der Waals surface area contributed by atoms with Gasteiger partial charge in [0.05, 0.1) is 18.6 Å². The number of benzene rings is 1. The fraction of sp³-hybridized carbons (Fsp3) is 0.357. The molecule has 3 heteroatoms. The van der Waals surface area contributed by atoms with Gasteiger partial charge in [-0.2, -0.15) is 0 Å². The molecule has 1 aromatic rings. The lowest BCUT2D eigenvalue weighted by atomic mass is 9.76. The molecule has 1 aliphatic heterocycles. The Morgan fingerprint density at radius 1 is 1.41 bits per heavy atom. The Balaban J connectivity index is 2.38. The normalized spacial score (nSPS) is 18.0. The van der Waals surface area contributed by atoms with Crippen LogP contribution in [0.1, 0.15) is 16.7 Å². The third-order valence-corrected chi connectivity index (χ3v) is 3.18. The molecule has 1 aliphatic rings. The molecule has 0 amide bonds. The Kier molecular flexibility index (Phi) is 3.03. The Morgan fingerprint density at radius 3 is 2.59 bits per heavy atom. The Hall–Kier alpha value is -1.61. The molecule has 1 fully saturated rings. The second-order valence-corrected chi connectivity index (χ2v) is 4.64. The summed E-state index contributed by atoms with van der Waals surface area (Å²) >= 11 is 0. The van der Waals surface area contributed by atoms with Crippen molar-refractivity contribution in [1.82, 2.24) is 0 Å².